The lowest BCUT2D eigenvalue weighted by atomic mass is 9.98. The molecular formula is C12H21NO4. The molecule has 1 aliphatic heterocycles. The first-order chi connectivity index (χ1) is 8.08. The highest BCUT2D eigenvalue weighted by Crippen LogP contribution is 2.23. The second-order valence-corrected chi connectivity index (χ2v) is 4.42. The number of hydrogen-bond donors (Lipinski definition) is 2. The molecule has 5 heteroatoms. The minimum atomic E-state index is -0.883. The summed E-state index contributed by atoms with van der Waals surface area (Å²) in [4.78, 5) is 22.6. The summed E-state index contributed by atoms with van der Waals surface area (Å²) < 4.78 is 5.46. The van der Waals surface area contributed by atoms with Crippen LogP contribution in [0.5, 0.6) is 0 Å². The Bertz CT molecular complexity index is 280. The topological polar surface area (TPSA) is 75.6 Å². The molecule has 1 fully saturated rings. The molecular weight excluding hydrogens is 222 g/mol. The number of carboxylic acid groups (broad SMARTS) is 1. The summed E-state index contributed by atoms with van der Waals surface area (Å²) in [5, 5.41) is 11.5. The summed E-state index contributed by atoms with van der Waals surface area (Å²) in [6, 6.07) is -0.280. The number of rotatable bonds is 6. The van der Waals surface area contributed by atoms with Crippen LogP contribution >= 0.6 is 0 Å². The van der Waals surface area contributed by atoms with E-state index in [1.165, 1.54) is 0 Å². The van der Waals surface area contributed by atoms with E-state index in [4.69, 9.17) is 9.84 Å². The average molecular weight is 243 g/mol. The quantitative estimate of drug-likeness (QED) is 0.734. The average Bonchev–Trinajstić information content (AvgIpc) is 2.75. The first kappa shape index (κ1) is 14.0. The van der Waals surface area contributed by atoms with Crippen LogP contribution in [0.4, 0.5) is 0 Å². The number of nitrogens with one attached hydrogen (secondary N) is 1. The van der Waals surface area contributed by atoms with E-state index in [-0.39, 0.29) is 30.4 Å². The number of carboxylic acids is 1. The maximum absolute atomic E-state index is 12.0. The highest BCUT2D eigenvalue weighted by molar-refractivity contribution is 5.80. The maximum atomic E-state index is 12.0. The van der Waals surface area contributed by atoms with Gasteiger partial charge in [-0.2, -0.15) is 0 Å². The summed E-state index contributed by atoms with van der Waals surface area (Å²) in [6.45, 7) is 4.48. The van der Waals surface area contributed by atoms with E-state index in [1.807, 2.05) is 13.8 Å². The highest BCUT2D eigenvalue weighted by Gasteiger charge is 2.33. The van der Waals surface area contributed by atoms with E-state index in [0.717, 1.165) is 12.8 Å². The van der Waals surface area contributed by atoms with Crippen molar-refractivity contribution in [3.63, 3.8) is 0 Å². The molecule has 3 unspecified atom stereocenters. The van der Waals surface area contributed by atoms with Crippen LogP contribution in [0.25, 0.3) is 0 Å². The Hall–Kier alpha value is -1.10. The fraction of sp³-hybridized carbons (Fsp3) is 0.833. The van der Waals surface area contributed by atoms with Crippen LogP contribution < -0.4 is 5.32 Å². The van der Waals surface area contributed by atoms with Crippen molar-refractivity contribution in [1.82, 2.24) is 5.32 Å². The molecule has 0 aromatic rings. The molecule has 17 heavy (non-hydrogen) atoms. The van der Waals surface area contributed by atoms with E-state index in [2.05, 4.69) is 5.32 Å². The highest BCUT2D eigenvalue weighted by atomic mass is 16.5. The zero-order valence-electron chi connectivity index (χ0n) is 10.4. The largest absolute Gasteiger partial charge is 0.481 e. The van der Waals surface area contributed by atoms with Crippen LogP contribution in [0.1, 0.15) is 39.5 Å². The third-order valence-electron chi connectivity index (χ3n) is 3.21. The van der Waals surface area contributed by atoms with Crippen molar-refractivity contribution >= 4 is 11.9 Å². The van der Waals surface area contributed by atoms with Gasteiger partial charge in [-0.05, 0) is 19.3 Å². The molecule has 0 bridgehead atoms. The van der Waals surface area contributed by atoms with Crippen molar-refractivity contribution in [2.24, 2.45) is 5.92 Å². The Kier molecular flexibility index (Phi) is 5.41. The minimum Gasteiger partial charge on any atom is -0.481 e. The van der Waals surface area contributed by atoms with Crippen LogP contribution in [-0.4, -0.2) is 35.7 Å². The van der Waals surface area contributed by atoms with Gasteiger partial charge in [0.15, 0.2) is 0 Å². The van der Waals surface area contributed by atoms with Crippen LogP contribution in [-0.2, 0) is 14.3 Å². The van der Waals surface area contributed by atoms with Crippen LogP contribution in [0.15, 0.2) is 0 Å². The molecule has 0 saturated carbocycles. The monoisotopic (exact) mass is 243 g/mol. The fourth-order valence-corrected chi connectivity index (χ4v) is 2.17. The van der Waals surface area contributed by atoms with E-state index >= 15 is 0 Å². The fourth-order valence-electron chi connectivity index (χ4n) is 2.17. The van der Waals surface area contributed by atoms with Gasteiger partial charge in [0, 0.05) is 12.6 Å². The summed E-state index contributed by atoms with van der Waals surface area (Å²) in [7, 11) is 0. The molecule has 1 rings (SSSR count). The lowest BCUT2D eigenvalue weighted by Crippen LogP contribution is -2.42. The molecule has 0 spiro atoms. The molecule has 1 heterocycles. The first-order valence-electron chi connectivity index (χ1n) is 6.22. The minimum absolute atomic E-state index is 0.0164. The molecule has 3 atom stereocenters. The SMILES string of the molecule is CCC(CC(=O)O)NC(=O)C1CCOC1CC. The molecule has 2 N–H and O–H groups in total. The second kappa shape index (κ2) is 6.59. The van der Waals surface area contributed by atoms with E-state index < -0.39 is 5.97 Å². The van der Waals surface area contributed by atoms with Crippen molar-refractivity contribution < 1.29 is 19.4 Å². The Morgan fingerprint density at radius 2 is 2.18 bits per heavy atom. The van der Waals surface area contributed by atoms with Gasteiger partial charge < -0.3 is 15.2 Å². The number of ether oxygens (including phenoxy) is 1. The van der Waals surface area contributed by atoms with Gasteiger partial charge in [0.1, 0.15) is 0 Å². The number of hydrogen-bond acceptors (Lipinski definition) is 3. The summed E-state index contributed by atoms with van der Waals surface area (Å²) >= 11 is 0. The smallest absolute Gasteiger partial charge is 0.305 e. The maximum Gasteiger partial charge on any atom is 0.305 e. The molecule has 0 aliphatic carbocycles. The van der Waals surface area contributed by atoms with Gasteiger partial charge in [-0.25, -0.2) is 0 Å². The molecule has 0 aromatic carbocycles. The number of amides is 1. The van der Waals surface area contributed by atoms with Crippen LogP contribution in [0.3, 0.4) is 0 Å². The predicted molar refractivity (Wildman–Crippen MR) is 62.6 cm³/mol. The molecule has 1 amide bonds. The molecule has 0 radical (unpaired) electrons. The lowest BCUT2D eigenvalue weighted by molar-refractivity contribution is -0.138. The third kappa shape index (κ3) is 4.00. The standard InChI is InChI=1S/C12H21NO4/c1-3-8(7-11(14)15)13-12(16)9-5-6-17-10(9)4-2/h8-10H,3-7H2,1-2H3,(H,13,16)(H,14,15). The zero-order chi connectivity index (χ0) is 12.8. The van der Waals surface area contributed by atoms with Gasteiger partial charge in [0.2, 0.25) is 5.91 Å². The van der Waals surface area contributed by atoms with E-state index in [1.54, 1.807) is 0 Å². The van der Waals surface area contributed by atoms with Gasteiger partial charge in [-0.3, -0.25) is 9.59 Å². The normalized spacial score (nSPS) is 25.5. The number of aliphatic carboxylic acids is 1. The molecule has 5 nitrogen and oxygen atoms in total. The van der Waals surface area contributed by atoms with Crippen molar-refractivity contribution in [2.45, 2.75) is 51.7 Å². The predicted octanol–water partition coefficient (Wildman–Crippen LogP) is 1.17. The number of carbonyl (C=O) groups excluding carboxylic acids is 1. The summed E-state index contributed by atoms with van der Waals surface area (Å²) in [6.07, 6.45) is 2.13. The Labute approximate surface area is 102 Å². The number of carbonyl (C=O) groups is 2. The molecule has 98 valence electrons. The van der Waals surface area contributed by atoms with Crippen molar-refractivity contribution in [3.05, 3.63) is 0 Å². The van der Waals surface area contributed by atoms with Gasteiger partial charge in [0.25, 0.3) is 0 Å². The molecule has 0 aromatic heterocycles. The van der Waals surface area contributed by atoms with Gasteiger partial charge in [-0.1, -0.05) is 13.8 Å². The van der Waals surface area contributed by atoms with Gasteiger partial charge >= 0.3 is 5.97 Å². The summed E-state index contributed by atoms with van der Waals surface area (Å²) in [5.41, 5.74) is 0. The summed E-state index contributed by atoms with van der Waals surface area (Å²) in [5.74, 6) is -1.07. The third-order valence-corrected chi connectivity index (χ3v) is 3.21. The van der Waals surface area contributed by atoms with Crippen molar-refractivity contribution in [2.75, 3.05) is 6.61 Å². The van der Waals surface area contributed by atoms with E-state index in [0.29, 0.717) is 13.0 Å². The second-order valence-electron chi connectivity index (χ2n) is 4.42. The first-order valence-corrected chi connectivity index (χ1v) is 6.22. The lowest BCUT2D eigenvalue weighted by Gasteiger charge is -2.20. The van der Waals surface area contributed by atoms with Crippen molar-refractivity contribution in [1.29, 1.82) is 0 Å². The Balaban J connectivity index is 2.49. The molecule has 1 aliphatic rings. The zero-order valence-corrected chi connectivity index (χ0v) is 10.4. The van der Waals surface area contributed by atoms with Crippen LogP contribution in [0, 0.1) is 5.92 Å². The van der Waals surface area contributed by atoms with Crippen LogP contribution in [0.2, 0.25) is 0 Å². The Morgan fingerprint density at radius 1 is 1.47 bits per heavy atom. The van der Waals surface area contributed by atoms with Crippen molar-refractivity contribution in [3.8, 4) is 0 Å². The van der Waals surface area contributed by atoms with Gasteiger partial charge in [-0.15, -0.1) is 0 Å². The van der Waals surface area contributed by atoms with Gasteiger partial charge in [0.05, 0.1) is 18.4 Å². The van der Waals surface area contributed by atoms with E-state index in [9.17, 15) is 9.59 Å². The Morgan fingerprint density at radius 3 is 2.71 bits per heavy atom. The molecule has 1 saturated heterocycles.